The van der Waals surface area contributed by atoms with Gasteiger partial charge in [0.1, 0.15) is 16.4 Å². The third-order valence-electron chi connectivity index (χ3n) is 5.23. The summed E-state index contributed by atoms with van der Waals surface area (Å²) in [5.41, 5.74) is 3.93. The van der Waals surface area contributed by atoms with E-state index < -0.39 is 0 Å². The summed E-state index contributed by atoms with van der Waals surface area (Å²) in [4.78, 5) is 19.8. The number of aryl methyl sites for hydroxylation is 1. The lowest BCUT2D eigenvalue weighted by atomic mass is 9.97. The molecule has 3 aromatic heterocycles. The molecule has 8 nitrogen and oxygen atoms in total. The van der Waals surface area contributed by atoms with Crippen LogP contribution in [0.5, 0.6) is 0 Å². The number of carbonyl (C=O) groups is 1. The molecule has 5 rings (SSSR count). The highest BCUT2D eigenvalue weighted by Gasteiger charge is 2.29. The minimum atomic E-state index is -0.147. The average Bonchev–Trinajstić information content (AvgIpc) is 3.36. The van der Waals surface area contributed by atoms with Crippen molar-refractivity contribution in [3.8, 4) is 0 Å². The van der Waals surface area contributed by atoms with E-state index in [-0.39, 0.29) is 11.8 Å². The summed E-state index contributed by atoms with van der Waals surface area (Å²) < 4.78 is 1.79. The number of fused-ring (bicyclic) bond motifs is 3. The van der Waals surface area contributed by atoms with Crippen molar-refractivity contribution in [3.63, 3.8) is 0 Å². The minimum Gasteiger partial charge on any atom is -0.355 e. The molecule has 4 aromatic rings. The van der Waals surface area contributed by atoms with Crippen LogP contribution in [0.3, 0.4) is 0 Å². The molecule has 0 aliphatic carbocycles. The first-order valence-corrected chi connectivity index (χ1v) is 10.6. The van der Waals surface area contributed by atoms with Crippen LogP contribution in [0.1, 0.15) is 18.5 Å². The number of aromatic nitrogens is 5. The highest BCUT2D eigenvalue weighted by Crippen LogP contribution is 2.32. The molecule has 0 bridgehead atoms. The fraction of sp³-hybridized carbons (Fsp3) is 0.316. The van der Waals surface area contributed by atoms with E-state index in [1.807, 2.05) is 31.2 Å². The maximum atomic E-state index is 12.7. The van der Waals surface area contributed by atoms with Crippen molar-refractivity contribution in [1.29, 1.82) is 0 Å². The van der Waals surface area contributed by atoms with Gasteiger partial charge in [0.15, 0.2) is 5.65 Å². The van der Waals surface area contributed by atoms with Gasteiger partial charge < -0.3 is 10.2 Å². The lowest BCUT2D eigenvalue weighted by Crippen LogP contribution is -2.41. The Kier molecular flexibility index (Phi) is 4.56. The number of rotatable bonds is 3. The van der Waals surface area contributed by atoms with Crippen LogP contribution in [-0.2, 0) is 4.79 Å². The Morgan fingerprint density at radius 1 is 1.34 bits per heavy atom. The zero-order chi connectivity index (χ0) is 20.0. The maximum absolute atomic E-state index is 12.7. The molecule has 1 aromatic carbocycles. The molecule has 1 aliphatic rings. The standard InChI is InChI=1S/C19H18ClN7OS/c1-11-15(20)17-22-16(13-6-2-3-7-14(13)27(17)25-11)26-8-4-5-12(9-26)18(28)23-19-24-21-10-29-19/h2-3,6-7,10,12H,4-5,8-9H2,1H3,(H,23,24,28)/t12-/m1/s1. The molecule has 0 spiro atoms. The summed E-state index contributed by atoms with van der Waals surface area (Å²) >= 11 is 7.79. The summed E-state index contributed by atoms with van der Waals surface area (Å²) in [6, 6.07) is 8.01. The van der Waals surface area contributed by atoms with Gasteiger partial charge in [-0.1, -0.05) is 35.1 Å². The smallest absolute Gasteiger partial charge is 0.231 e. The second kappa shape index (κ2) is 7.23. The number of halogens is 1. The van der Waals surface area contributed by atoms with Crippen LogP contribution in [0.2, 0.25) is 5.02 Å². The van der Waals surface area contributed by atoms with Crippen LogP contribution >= 0.6 is 22.9 Å². The Morgan fingerprint density at radius 3 is 3.03 bits per heavy atom. The molecule has 4 heterocycles. The Morgan fingerprint density at radius 2 is 2.21 bits per heavy atom. The second-order valence-corrected chi connectivity index (χ2v) is 8.32. The van der Waals surface area contributed by atoms with E-state index in [9.17, 15) is 4.79 Å². The second-order valence-electron chi connectivity index (χ2n) is 7.11. The number of carbonyl (C=O) groups excluding carboxylic acids is 1. The fourth-order valence-electron chi connectivity index (χ4n) is 3.83. The van der Waals surface area contributed by atoms with Gasteiger partial charge in [-0.25, -0.2) is 9.50 Å². The molecule has 0 saturated carbocycles. The van der Waals surface area contributed by atoms with Gasteiger partial charge in [-0.3, -0.25) is 4.79 Å². The molecular weight excluding hydrogens is 410 g/mol. The van der Waals surface area contributed by atoms with E-state index in [1.165, 1.54) is 11.3 Å². The van der Waals surface area contributed by atoms with Crippen molar-refractivity contribution in [3.05, 3.63) is 40.5 Å². The lowest BCUT2D eigenvalue weighted by Gasteiger charge is -2.33. The van der Waals surface area contributed by atoms with Crippen LogP contribution in [0.4, 0.5) is 10.9 Å². The lowest BCUT2D eigenvalue weighted by molar-refractivity contribution is -0.120. The Bertz CT molecular complexity index is 1210. The van der Waals surface area contributed by atoms with Crippen LogP contribution in [0, 0.1) is 12.8 Å². The first kappa shape index (κ1) is 18.3. The summed E-state index contributed by atoms with van der Waals surface area (Å²) in [5, 5.41) is 17.1. The van der Waals surface area contributed by atoms with E-state index in [0.29, 0.717) is 22.3 Å². The van der Waals surface area contributed by atoms with Gasteiger partial charge in [-0.2, -0.15) is 5.10 Å². The molecule has 0 unspecified atom stereocenters. The molecule has 148 valence electrons. The molecule has 0 radical (unpaired) electrons. The van der Waals surface area contributed by atoms with E-state index in [2.05, 4.69) is 25.5 Å². The van der Waals surface area contributed by atoms with Gasteiger partial charge in [0.25, 0.3) is 0 Å². The monoisotopic (exact) mass is 427 g/mol. The third-order valence-corrected chi connectivity index (χ3v) is 6.28. The Hall–Kier alpha value is -2.78. The molecule has 1 saturated heterocycles. The van der Waals surface area contributed by atoms with Crippen LogP contribution in [-0.4, -0.2) is 43.8 Å². The number of para-hydroxylation sites is 1. The number of benzene rings is 1. The molecule has 10 heteroatoms. The quantitative estimate of drug-likeness (QED) is 0.538. The van der Waals surface area contributed by atoms with Crippen molar-refractivity contribution in [2.45, 2.75) is 19.8 Å². The SMILES string of the molecule is Cc1nn2c(nc(N3CCC[C@@H](C(=O)Nc4nncs4)C3)c3ccccc32)c1Cl. The summed E-state index contributed by atoms with van der Waals surface area (Å²) in [5.74, 6) is 0.657. The van der Waals surface area contributed by atoms with Crippen molar-refractivity contribution >= 4 is 56.3 Å². The van der Waals surface area contributed by atoms with Gasteiger partial charge in [-0.15, -0.1) is 10.2 Å². The van der Waals surface area contributed by atoms with Crippen molar-refractivity contribution in [1.82, 2.24) is 24.8 Å². The first-order chi connectivity index (χ1) is 14.1. The van der Waals surface area contributed by atoms with Crippen molar-refractivity contribution in [2.75, 3.05) is 23.3 Å². The molecule has 1 aliphatic heterocycles. The molecule has 1 atom stereocenters. The number of hydrogen-bond donors (Lipinski definition) is 1. The molecule has 1 amide bonds. The zero-order valence-corrected chi connectivity index (χ0v) is 17.2. The highest BCUT2D eigenvalue weighted by atomic mass is 35.5. The van der Waals surface area contributed by atoms with Crippen LogP contribution < -0.4 is 10.2 Å². The first-order valence-electron chi connectivity index (χ1n) is 9.37. The van der Waals surface area contributed by atoms with Gasteiger partial charge in [0.2, 0.25) is 11.0 Å². The summed E-state index contributed by atoms with van der Waals surface area (Å²) in [7, 11) is 0. The summed E-state index contributed by atoms with van der Waals surface area (Å²) in [6.45, 7) is 3.29. The molecule has 1 fully saturated rings. The topological polar surface area (TPSA) is 88.3 Å². The number of hydrogen-bond acceptors (Lipinski definition) is 7. The van der Waals surface area contributed by atoms with E-state index in [0.717, 1.165) is 41.8 Å². The van der Waals surface area contributed by atoms with Crippen LogP contribution in [0.25, 0.3) is 16.6 Å². The molecule has 1 N–H and O–H groups in total. The summed E-state index contributed by atoms with van der Waals surface area (Å²) in [6.07, 6.45) is 1.73. The Balaban J connectivity index is 1.52. The maximum Gasteiger partial charge on any atom is 0.231 e. The van der Waals surface area contributed by atoms with Crippen molar-refractivity contribution < 1.29 is 4.79 Å². The van der Waals surface area contributed by atoms with E-state index >= 15 is 0 Å². The average molecular weight is 428 g/mol. The van der Waals surface area contributed by atoms with Crippen LogP contribution in [0.15, 0.2) is 29.8 Å². The normalized spacial score (nSPS) is 17.2. The predicted molar refractivity (Wildman–Crippen MR) is 114 cm³/mol. The van der Waals surface area contributed by atoms with Gasteiger partial charge in [-0.05, 0) is 31.9 Å². The largest absolute Gasteiger partial charge is 0.355 e. The number of anilines is 2. The zero-order valence-electron chi connectivity index (χ0n) is 15.7. The number of amides is 1. The number of piperidine rings is 1. The highest BCUT2D eigenvalue weighted by molar-refractivity contribution is 7.13. The molecular formula is C19H18ClN7OS. The van der Waals surface area contributed by atoms with Gasteiger partial charge in [0.05, 0.1) is 17.1 Å². The van der Waals surface area contributed by atoms with E-state index in [4.69, 9.17) is 16.6 Å². The fourth-order valence-corrected chi connectivity index (χ4v) is 4.44. The Labute approximate surface area is 175 Å². The predicted octanol–water partition coefficient (Wildman–Crippen LogP) is 3.55. The molecule has 29 heavy (non-hydrogen) atoms. The van der Waals surface area contributed by atoms with Crippen molar-refractivity contribution in [2.24, 2.45) is 5.92 Å². The number of nitrogens with one attached hydrogen (secondary N) is 1. The van der Waals surface area contributed by atoms with Gasteiger partial charge in [0, 0.05) is 18.5 Å². The van der Waals surface area contributed by atoms with Gasteiger partial charge >= 0.3 is 0 Å². The van der Waals surface area contributed by atoms with E-state index in [1.54, 1.807) is 10.0 Å². The number of nitrogens with zero attached hydrogens (tertiary/aromatic N) is 6. The minimum absolute atomic E-state index is 0.0323. The third kappa shape index (κ3) is 3.20.